The third-order valence-corrected chi connectivity index (χ3v) is 7.98. The van der Waals surface area contributed by atoms with Gasteiger partial charge in [-0.3, -0.25) is 33.6 Å². The summed E-state index contributed by atoms with van der Waals surface area (Å²) in [6.45, 7) is 1.10. The molecule has 5 unspecified atom stereocenters. The number of methoxy groups -OCH3 is 2. The van der Waals surface area contributed by atoms with Crippen LogP contribution in [0.5, 0.6) is 0 Å². The highest BCUT2D eigenvalue weighted by Crippen LogP contribution is 2.22. The molecule has 0 aliphatic heterocycles. The second-order valence-electron chi connectivity index (χ2n) is 12.3. The van der Waals surface area contributed by atoms with E-state index in [1.54, 1.807) is 0 Å². The molecule has 0 aromatic heterocycles. The van der Waals surface area contributed by atoms with Crippen molar-refractivity contribution in [2.75, 3.05) is 27.4 Å². The van der Waals surface area contributed by atoms with Crippen LogP contribution in [-0.4, -0.2) is 120 Å². The van der Waals surface area contributed by atoms with Crippen LogP contribution in [-0.2, 0) is 62.0 Å². The van der Waals surface area contributed by atoms with Gasteiger partial charge < -0.3 is 48.8 Å². The van der Waals surface area contributed by atoms with Gasteiger partial charge in [-0.1, -0.05) is 45.4 Å². The van der Waals surface area contributed by atoms with Gasteiger partial charge in [-0.2, -0.15) is 0 Å². The summed E-state index contributed by atoms with van der Waals surface area (Å²) < 4.78 is 31.9. The maximum absolute atomic E-state index is 12.3. The lowest BCUT2D eigenvalue weighted by Crippen LogP contribution is -2.36. The van der Waals surface area contributed by atoms with Gasteiger partial charge in [0.15, 0.2) is 6.10 Å². The monoisotopic (exact) mass is 750 g/mol. The molecule has 17 heteroatoms. The number of carboxylic acids is 3. The zero-order valence-electron chi connectivity index (χ0n) is 30.6. The lowest BCUT2D eigenvalue weighted by atomic mass is 9.96. The second kappa shape index (κ2) is 29.7. The van der Waals surface area contributed by atoms with E-state index < -0.39 is 105 Å². The Morgan fingerprint density at radius 2 is 0.942 bits per heavy atom. The van der Waals surface area contributed by atoms with Crippen LogP contribution >= 0.6 is 0 Å². The van der Waals surface area contributed by atoms with E-state index in [-0.39, 0.29) is 25.4 Å². The van der Waals surface area contributed by atoms with Crippen molar-refractivity contribution in [1.82, 2.24) is 0 Å². The van der Waals surface area contributed by atoms with Gasteiger partial charge in [0, 0.05) is 20.6 Å². The average molecular weight is 751 g/mol. The first-order valence-corrected chi connectivity index (χ1v) is 17.8. The quantitative estimate of drug-likeness (QED) is 0.0424. The van der Waals surface area contributed by atoms with Gasteiger partial charge in [0.05, 0.1) is 56.8 Å². The number of carbonyl (C=O) groups is 7. The molecule has 0 saturated heterocycles. The van der Waals surface area contributed by atoms with Crippen molar-refractivity contribution in [2.45, 2.75) is 153 Å². The summed E-state index contributed by atoms with van der Waals surface area (Å²) in [5.74, 6) is -6.52. The second-order valence-corrected chi connectivity index (χ2v) is 12.3. The summed E-state index contributed by atoms with van der Waals surface area (Å²) in [6, 6.07) is 0. The number of hydrogen-bond acceptors (Lipinski definition) is 14. The SMILES string of the molecule is CCCCCC(OC)C(CCC(OC)C(O)CCCCCCC(=O)OCC(COC(=O)CCC(=O)O)OC(=O)CCC(=O)O)OC(=O)CCC(=O)O. The highest BCUT2D eigenvalue weighted by Gasteiger charge is 2.28. The number of carbonyl (C=O) groups excluding carboxylic acids is 4. The normalized spacial score (nSPS) is 13.9. The molecule has 52 heavy (non-hydrogen) atoms. The first-order chi connectivity index (χ1) is 24.7. The highest BCUT2D eigenvalue weighted by molar-refractivity contribution is 5.78. The first kappa shape index (κ1) is 48.2. The zero-order chi connectivity index (χ0) is 39.3. The van der Waals surface area contributed by atoms with Gasteiger partial charge in [-0.15, -0.1) is 0 Å². The van der Waals surface area contributed by atoms with Crippen molar-refractivity contribution in [3.63, 3.8) is 0 Å². The van der Waals surface area contributed by atoms with E-state index >= 15 is 0 Å². The highest BCUT2D eigenvalue weighted by atomic mass is 16.6. The van der Waals surface area contributed by atoms with Crippen molar-refractivity contribution in [3.05, 3.63) is 0 Å². The van der Waals surface area contributed by atoms with E-state index in [9.17, 15) is 38.7 Å². The number of unbranched alkanes of at least 4 members (excludes halogenated alkanes) is 5. The standard InChI is InChI=1S/C35H58O17/c1-4-5-8-12-27(48-3)28(52-35(46)21-18-31(41)42)15-14-26(47-2)25(36)11-9-6-7-10-13-32(43)49-22-24(51-34(45)20-17-30(39)40)23-50-33(44)19-16-29(37)38/h24-28,36H,4-23H2,1-3H3,(H,37,38)(H,39,40)(H,41,42). The molecule has 0 spiro atoms. The number of ether oxygens (including phenoxy) is 6. The molecule has 0 amide bonds. The van der Waals surface area contributed by atoms with Gasteiger partial charge in [0.1, 0.15) is 19.3 Å². The fourth-order valence-corrected chi connectivity index (χ4v) is 5.06. The van der Waals surface area contributed by atoms with Crippen LogP contribution in [0.3, 0.4) is 0 Å². The third-order valence-electron chi connectivity index (χ3n) is 7.98. The summed E-state index contributed by atoms with van der Waals surface area (Å²) in [6.07, 6.45) is 1.05. The fourth-order valence-electron chi connectivity index (χ4n) is 5.06. The van der Waals surface area contributed by atoms with E-state index in [0.29, 0.717) is 51.4 Å². The van der Waals surface area contributed by atoms with Crippen molar-refractivity contribution in [2.24, 2.45) is 0 Å². The minimum atomic E-state index is -1.22. The molecule has 17 nitrogen and oxygen atoms in total. The maximum atomic E-state index is 12.3. The van der Waals surface area contributed by atoms with Crippen LogP contribution < -0.4 is 0 Å². The summed E-state index contributed by atoms with van der Waals surface area (Å²) in [7, 11) is 3.01. The van der Waals surface area contributed by atoms with Gasteiger partial charge in [0.2, 0.25) is 0 Å². The number of esters is 4. The Hall–Kier alpha value is -3.83. The molecule has 0 aromatic rings. The van der Waals surface area contributed by atoms with Crippen LogP contribution in [0.25, 0.3) is 0 Å². The number of aliphatic carboxylic acids is 3. The zero-order valence-corrected chi connectivity index (χ0v) is 30.6. The fraction of sp³-hybridized carbons (Fsp3) is 0.800. The molecule has 0 bridgehead atoms. The van der Waals surface area contributed by atoms with Gasteiger partial charge in [0.25, 0.3) is 0 Å². The lowest BCUT2D eigenvalue weighted by molar-refractivity contribution is -0.167. The molecule has 0 radical (unpaired) electrons. The van der Waals surface area contributed by atoms with Gasteiger partial charge >= 0.3 is 41.8 Å². The predicted octanol–water partition coefficient (Wildman–Crippen LogP) is 3.58. The van der Waals surface area contributed by atoms with Crippen molar-refractivity contribution in [1.29, 1.82) is 0 Å². The van der Waals surface area contributed by atoms with Crippen molar-refractivity contribution < 1.29 is 82.4 Å². The number of aliphatic hydroxyl groups is 1. The smallest absolute Gasteiger partial charge is 0.306 e. The molecule has 0 fully saturated rings. The molecule has 0 rings (SSSR count). The Bertz CT molecular complexity index is 1080. The topological polar surface area (TPSA) is 256 Å². The van der Waals surface area contributed by atoms with Crippen LogP contribution in [0, 0.1) is 0 Å². The Kier molecular flexibility index (Phi) is 27.5. The van der Waals surface area contributed by atoms with E-state index in [2.05, 4.69) is 6.92 Å². The average Bonchev–Trinajstić information content (AvgIpc) is 3.09. The van der Waals surface area contributed by atoms with E-state index in [0.717, 1.165) is 19.3 Å². The van der Waals surface area contributed by atoms with Gasteiger partial charge in [-0.25, -0.2) is 0 Å². The molecule has 0 aromatic carbocycles. The van der Waals surface area contributed by atoms with E-state index in [4.69, 9.17) is 43.7 Å². The van der Waals surface area contributed by atoms with Crippen LogP contribution in [0.2, 0.25) is 0 Å². The van der Waals surface area contributed by atoms with E-state index in [1.165, 1.54) is 14.2 Å². The summed E-state index contributed by atoms with van der Waals surface area (Å²) in [4.78, 5) is 80.6. The Balaban J connectivity index is 4.78. The molecule has 0 aliphatic rings. The molecule has 0 saturated carbocycles. The predicted molar refractivity (Wildman–Crippen MR) is 181 cm³/mol. The minimum Gasteiger partial charge on any atom is -0.481 e. The Morgan fingerprint density at radius 3 is 1.46 bits per heavy atom. The number of hydrogen-bond donors (Lipinski definition) is 4. The molecule has 5 atom stereocenters. The molecule has 4 N–H and O–H groups in total. The molecule has 300 valence electrons. The minimum absolute atomic E-state index is 0.0345. The number of carboxylic acid groups (broad SMARTS) is 3. The maximum Gasteiger partial charge on any atom is 0.306 e. The summed E-state index contributed by atoms with van der Waals surface area (Å²) >= 11 is 0. The first-order valence-electron chi connectivity index (χ1n) is 17.8. The number of aliphatic hydroxyl groups excluding tert-OH is 1. The van der Waals surface area contributed by atoms with Crippen LogP contribution in [0.4, 0.5) is 0 Å². The van der Waals surface area contributed by atoms with Crippen LogP contribution in [0.15, 0.2) is 0 Å². The van der Waals surface area contributed by atoms with Crippen LogP contribution in [0.1, 0.15) is 122 Å². The molecule has 0 heterocycles. The largest absolute Gasteiger partial charge is 0.481 e. The Labute approximate surface area is 304 Å². The molecular weight excluding hydrogens is 692 g/mol. The van der Waals surface area contributed by atoms with Crippen molar-refractivity contribution >= 4 is 41.8 Å². The summed E-state index contributed by atoms with van der Waals surface area (Å²) in [5, 5.41) is 37.2. The Morgan fingerprint density at radius 1 is 0.481 bits per heavy atom. The molecular formula is C35H58O17. The van der Waals surface area contributed by atoms with Gasteiger partial charge in [-0.05, 0) is 32.1 Å². The lowest BCUT2D eigenvalue weighted by Gasteiger charge is -2.29. The van der Waals surface area contributed by atoms with E-state index in [1.807, 2.05) is 0 Å². The van der Waals surface area contributed by atoms with Crippen molar-refractivity contribution in [3.8, 4) is 0 Å². The third kappa shape index (κ3) is 26.0. The number of rotatable bonds is 33. The molecule has 0 aliphatic carbocycles. The summed E-state index contributed by atoms with van der Waals surface area (Å²) in [5.41, 5.74) is 0.